The molecule has 3 aliphatic heterocycles. The van der Waals surface area contributed by atoms with Crippen LogP contribution in [0, 0.1) is 5.92 Å². The summed E-state index contributed by atoms with van der Waals surface area (Å²) < 4.78 is 49.0. The zero-order valence-corrected chi connectivity index (χ0v) is 19.8. The molecule has 0 aliphatic carbocycles. The third-order valence-corrected chi connectivity index (χ3v) is 8.81. The van der Waals surface area contributed by atoms with Gasteiger partial charge in [-0.15, -0.1) is 11.3 Å². The van der Waals surface area contributed by atoms with Crippen molar-refractivity contribution in [3.05, 3.63) is 38.8 Å². The highest BCUT2D eigenvalue weighted by Gasteiger charge is 2.48. The molecule has 7 nitrogen and oxygen atoms in total. The minimum atomic E-state index is -4.48. The summed E-state index contributed by atoms with van der Waals surface area (Å²) in [6.07, 6.45) is 1.52. The SMILES string of the molecule is C[C@H]1C[C@@]2(CCN1Cc1cnn(CC3CNC(=O)C3)c1)OCCc1c2sc(C(F)(F)F)c1CO. The number of amides is 1. The van der Waals surface area contributed by atoms with Crippen molar-refractivity contribution in [3.8, 4) is 0 Å². The van der Waals surface area contributed by atoms with E-state index in [1.54, 1.807) is 0 Å². The second kappa shape index (κ2) is 8.92. The molecular weight excluding hydrogens is 469 g/mol. The molecule has 2 fully saturated rings. The number of alkyl halides is 3. The lowest BCUT2D eigenvalue weighted by Gasteiger charge is -2.47. The molecule has 1 spiro atoms. The Kier molecular flexibility index (Phi) is 6.24. The molecule has 1 unspecified atom stereocenters. The molecule has 186 valence electrons. The molecule has 0 bridgehead atoms. The molecule has 3 atom stereocenters. The van der Waals surface area contributed by atoms with E-state index in [-0.39, 0.29) is 23.4 Å². The van der Waals surface area contributed by atoms with Crippen LogP contribution in [-0.2, 0) is 47.4 Å². The summed E-state index contributed by atoms with van der Waals surface area (Å²) in [5.74, 6) is 0.337. The summed E-state index contributed by atoms with van der Waals surface area (Å²) in [7, 11) is 0. The number of rotatable bonds is 5. The summed E-state index contributed by atoms with van der Waals surface area (Å²) in [6.45, 7) is 4.62. The number of hydrogen-bond donors (Lipinski definition) is 2. The van der Waals surface area contributed by atoms with E-state index in [9.17, 15) is 23.1 Å². The van der Waals surface area contributed by atoms with E-state index in [1.807, 2.05) is 17.1 Å². The number of carbonyl (C=O) groups is 1. The summed E-state index contributed by atoms with van der Waals surface area (Å²) >= 11 is 0.754. The third kappa shape index (κ3) is 4.38. The lowest BCUT2D eigenvalue weighted by Crippen LogP contribution is -2.50. The quantitative estimate of drug-likeness (QED) is 0.663. The lowest BCUT2D eigenvalue weighted by atomic mass is 9.81. The van der Waals surface area contributed by atoms with Crippen LogP contribution in [0.2, 0.25) is 0 Å². The van der Waals surface area contributed by atoms with Crippen molar-refractivity contribution < 1.29 is 27.8 Å². The Morgan fingerprint density at radius 3 is 2.91 bits per heavy atom. The van der Waals surface area contributed by atoms with Crippen molar-refractivity contribution >= 4 is 17.2 Å². The van der Waals surface area contributed by atoms with Crippen molar-refractivity contribution in [2.75, 3.05) is 19.7 Å². The maximum Gasteiger partial charge on any atom is 0.425 e. The number of hydrogen-bond acceptors (Lipinski definition) is 6. The fourth-order valence-corrected chi connectivity index (χ4v) is 7.06. The first-order valence-corrected chi connectivity index (χ1v) is 12.5. The van der Waals surface area contributed by atoms with Crippen LogP contribution in [0.25, 0.3) is 0 Å². The van der Waals surface area contributed by atoms with Gasteiger partial charge < -0.3 is 15.2 Å². The Balaban J connectivity index is 1.29. The number of halogens is 3. The van der Waals surface area contributed by atoms with Crippen LogP contribution in [0.4, 0.5) is 13.2 Å². The van der Waals surface area contributed by atoms with Gasteiger partial charge in [0.15, 0.2) is 0 Å². The maximum absolute atomic E-state index is 13.6. The first kappa shape index (κ1) is 23.8. The minimum absolute atomic E-state index is 0.0248. The number of aliphatic hydroxyl groups is 1. The predicted molar refractivity (Wildman–Crippen MR) is 119 cm³/mol. The zero-order chi connectivity index (χ0) is 24.1. The number of likely N-dealkylation sites (tertiary alicyclic amines) is 1. The maximum atomic E-state index is 13.6. The van der Waals surface area contributed by atoms with E-state index in [0.717, 1.165) is 16.9 Å². The highest BCUT2D eigenvalue weighted by Crippen LogP contribution is 2.51. The van der Waals surface area contributed by atoms with Gasteiger partial charge in [0.25, 0.3) is 0 Å². The monoisotopic (exact) mass is 498 g/mol. The molecule has 0 radical (unpaired) electrons. The Labute approximate surface area is 199 Å². The van der Waals surface area contributed by atoms with Crippen LogP contribution in [0.3, 0.4) is 0 Å². The Bertz CT molecular complexity index is 1070. The van der Waals surface area contributed by atoms with Gasteiger partial charge in [-0.3, -0.25) is 14.4 Å². The van der Waals surface area contributed by atoms with Crippen molar-refractivity contribution in [1.82, 2.24) is 20.0 Å². The molecule has 2 aromatic heterocycles. The topological polar surface area (TPSA) is 79.6 Å². The minimum Gasteiger partial charge on any atom is -0.392 e. The van der Waals surface area contributed by atoms with Gasteiger partial charge in [0, 0.05) is 66.8 Å². The average molecular weight is 499 g/mol. The number of nitrogens with one attached hydrogen (secondary N) is 1. The average Bonchev–Trinajstić information content (AvgIpc) is 3.49. The highest BCUT2D eigenvalue weighted by molar-refractivity contribution is 7.12. The van der Waals surface area contributed by atoms with E-state index in [0.29, 0.717) is 68.9 Å². The van der Waals surface area contributed by atoms with Gasteiger partial charge in [0.2, 0.25) is 5.91 Å². The fraction of sp³-hybridized carbons (Fsp3) is 0.652. The standard InChI is InChI=1S/C23H29F3N4O3S/c1-14-7-22(20-17(2-5-33-22)18(13-31)21(34-20)23(24,25)26)3-4-29(14)10-16-9-28-30(12-16)11-15-6-19(32)27-8-15/h9,12,14-15,31H,2-8,10-11,13H2,1H3,(H,27,32)/t14-,15?,22+/m0/s1. The number of thiophene rings is 1. The molecule has 2 N–H and O–H groups in total. The van der Waals surface area contributed by atoms with E-state index in [1.165, 1.54) is 0 Å². The normalized spacial score (nSPS) is 27.9. The van der Waals surface area contributed by atoms with E-state index in [2.05, 4.69) is 22.2 Å². The molecule has 0 saturated carbocycles. The molecule has 3 aliphatic rings. The molecule has 2 saturated heterocycles. The van der Waals surface area contributed by atoms with Gasteiger partial charge >= 0.3 is 6.18 Å². The van der Waals surface area contributed by atoms with E-state index >= 15 is 0 Å². The first-order valence-electron chi connectivity index (χ1n) is 11.7. The third-order valence-electron chi connectivity index (χ3n) is 7.31. The van der Waals surface area contributed by atoms with Crippen LogP contribution in [-0.4, -0.2) is 51.4 Å². The van der Waals surface area contributed by atoms with Crippen LogP contribution in [0.5, 0.6) is 0 Å². The first-order chi connectivity index (χ1) is 16.2. The number of aliphatic hydroxyl groups excluding tert-OH is 1. The highest BCUT2D eigenvalue weighted by atomic mass is 32.1. The second-order valence-corrected chi connectivity index (χ2v) is 10.7. The van der Waals surface area contributed by atoms with Gasteiger partial charge in [-0.25, -0.2) is 0 Å². The number of aromatic nitrogens is 2. The van der Waals surface area contributed by atoms with Crippen LogP contribution in [0.15, 0.2) is 12.4 Å². The predicted octanol–water partition coefficient (Wildman–Crippen LogP) is 3.04. The van der Waals surface area contributed by atoms with Gasteiger partial charge in [-0.05, 0) is 31.7 Å². The Hall–Kier alpha value is -1.95. The molecule has 2 aromatic rings. The van der Waals surface area contributed by atoms with Crippen molar-refractivity contribution in [3.63, 3.8) is 0 Å². The van der Waals surface area contributed by atoms with Crippen LogP contribution < -0.4 is 5.32 Å². The molecule has 5 rings (SSSR count). The number of ether oxygens (including phenoxy) is 1. The van der Waals surface area contributed by atoms with E-state index < -0.39 is 23.3 Å². The molecule has 1 amide bonds. The summed E-state index contributed by atoms with van der Waals surface area (Å²) in [4.78, 5) is 13.7. The number of fused-ring (bicyclic) bond motifs is 2. The zero-order valence-electron chi connectivity index (χ0n) is 19.0. The largest absolute Gasteiger partial charge is 0.425 e. The number of carbonyl (C=O) groups excluding carboxylic acids is 1. The Morgan fingerprint density at radius 2 is 2.24 bits per heavy atom. The van der Waals surface area contributed by atoms with Crippen molar-refractivity contribution in [2.24, 2.45) is 5.92 Å². The molecule has 0 aromatic carbocycles. The van der Waals surface area contributed by atoms with Crippen molar-refractivity contribution in [2.45, 2.75) is 70.1 Å². The van der Waals surface area contributed by atoms with Gasteiger partial charge in [-0.1, -0.05) is 0 Å². The molecule has 34 heavy (non-hydrogen) atoms. The summed E-state index contributed by atoms with van der Waals surface area (Å²) in [5, 5.41) is 17.0. The van der Waals surface area contributed by atoms with Gasteiger partial charge in [-0.2, -0.15) is 18.3 Å². The van der Waals surface area contributed by atoms with Crippen LogP contribution >= 0.6 is 11.3 Å². The molecular formula is C23H29F3N4O3S. The smallest absolute Gasteiger partial charge is 0.392 e. The second-order valence-electron chi connectivity index (χ2n) is 9.68. The van der Waals surface area contributed by atoms with Crippen molar-refractivity contribution in [1.29, 1.82) is 0 Å². The van der Waals surface area contributed by atoms with Crippen LogP contribution in [0.1, 0.15) is 52.6 Å². The lowest BCUT2D eigenvalue weighted by molar-refractivity contribution is -0.135. The van der Waals surface area contributed by atoms with E-state index in [4.69, 9.17) is 4.74 Å². The Morgan fingerprint density at radius 1 is 1.41 bits per heavy atom. The molecule has 11 heteroatoms. The summed E-state index contributed by atoms with van der Waals surface area (Å²) in [5.41, 5.74) is 1.00. The number of piperidine rings is 1. The molecule has 5 heterocycles. The summed E-state index contributed by atoms with van der Waals surface area (Å²) in [6, 6.07) is 0.105. The van der Waals surface area contributed by atoms with Gasteiger partial charge in [0.1, 0.15) is 10.5 Å². The van der Waals surface area contributed by atoms with Gasteiger partial charge in [0.05, 0.1) is 19.4 Å². The number of nitrogens with zero attached hydrogens (tertiary/aromatic N) is 3. The fourth-order valence-electron chi connectivity index (χ4n) is 5.65.